The van der Waals surface area contributed by atoms with Gasteiger partial charge < -0.3 is 5.32 Å². The molecule has 1 amide bonds. The molecular weight excluding hydrogens is 242 g/mol. The molecule has 1 heterocycles. The lowest BCUT2D eigenvalue weighted by atomic mass is 10.1. The third-order valence-corrected chi connectivity index (χ3v) is 3.39. The van der Waals surface area contributed by atoms with Crippen molar-refractivity contribution < 1.29 is 13.2 Å². The molecule has 1 saturated heterocycles. The molecule has 0 aromatic rings. The quantitative estimate of drug-likeness (QED) is 0.676. The van der Waals surface area contributed by atoms with Gasteiger partial charge in [0.25, 0.3) is 0 Å². The number of hydrogen-bond acceptors (Lipinski definition) is 4. The first kappa shape index (κ1) is 14.4. The van der Waals surface area contributed by atoms with Gasteiger partial charge in [0.2, 0.25) is 15.9 Å². The molecule has 0 bridgehead atoms. The van der Waals surface area contributed by atoms with Gasteiger partial charge in [0.05, 0.1) is 12.8 Å². The summed E-state index contributed by atoms with van der Waals surface area (Å²) in [4.78, 5) is 13.4. The Balaban J connectivity index is 2.41. The fourth-order valence-electron chi connectivity index (χ4n) is 2.05. The molecule has 6 nitrogen and oxygen atoms in total. The van der Waals surface area contributed by atoms with Gasteiger partial charge in [-0.15, -0.1) is 0 Å². The maximum atomic E-state index is 11.4. The van der Waals surface area contributed by atoms with E-state index in [1.807, 2.05) is 11.8 Å². The number of likely N-dealkylation sites (N-methyl/N-ethyl adjacent to an activating group) is 1. The van der Waals surface area contributed by atoms with Gasteiger partial charge >= 0.3 is 0 Å². The van der Waals surface area contributed by atoms with Crippen molar-refractivity contribution in [1.29, 1.82) is 0 Å². The zero-order valence-corrected chi connectivity index (χ0v) is 11.2. The summed E-state index contributed by atoms with van der Waals surface area (Å²) in [5.41, 5.74) is 0. The van der Waals surface area contributed by atoms with Crippen LogP contribution in [0.25, 0.3) is 0 Å². The molecule has 1 atom stereocenters. The lowest BCUT2D eigenvalue weighted by Crippen LogP contribution is -2.49. The third kappa shape index (κ3) is 5.99. The van der Waals surface area contributed by atoms with E-state index in [2.05, 4.69) is 10.0 Å². The number of piperidine rings is 1. The normalized spacial score (nSPS) is 22.4. The number of amides is 1. The van der Waals surface area contributed by atoms with Crippen molar-refractivity contribution >= 4 is 15.9 Å². The maximum absolute atomic E-state index is 11.4. The topological polar surface area (TPSA) is 78.5 Å². The Bertz CT molecular complexity index is 356. The monoisotopic (exact) mass is 263 g/mol. The molecule has 0 aliphatic carbocycles. The fraction of sp³-hybridized carbons (Fsp3) is 0.900. The molecule has 1 unspecified atom stereocenters. The van der Waals surface area contributed by atoms with Crippen LogP contribution in [0.4, 0.5) is 0 Å². The first-order valence-electron chi connectivity index (χ1n) is 5.87. The lowest BCUT2D eigenvalue weighted by Gasteiger charge is -2.32. The fourth-order valence-corrected chi connectivity index (χ4v) is 2.85. The average Bonchev–Trinajstić information content (AvgIpc) is 2.15. The molecule has 7 heteroatoms. The van der Waals surface area contributed by atoms with Gasteiger partial charge in [0.1, 0.15) is 0 Å². The summed E-state index contributed by atoms with van der Waals surface area (Å²) in [6.45, 7) is 4.29. The molecule has 100 valence electrons. The molecule has 0 aromatic carbocycles. The van der Waals surface area contributed by atoms with Gasteiger partial charge in [-0.05, 0) is 26.3 Å². The highest BCUT2D eigenvalue weighted by molar-refractivity contribution is 7.88. The highest BCUT2D eigenvalue weighted by atomic mass is 32.2. The van der Waals surface area contributed by atoms with Crippen LogP contribution in [0.15, 0.2) is 0 Å². The molecule has 0 spiro atoms. The van der Waals surface area contributed by atoms with Gasteiger partial charge in [-0.3, -0.25) is 9.69 Å². The van der Waals surface area contributed by atoms with Crippen LogP contribution in [-0.4, -0.2) is 57.7 Å². The number of hydrogen-bond donors (Lipinski definition) is 2. The van der Waals surface area contributed by atoms with Crippen molar-refractivity contribution in [3.63, 3.8) is 0 Å². The highest BCUT2D eigenvalue weighted by Gasteiger charge is 2.23. The Morgan fingerprint density at radius 2 is 2.18 bits per heavy atom. The van der Waals surface area contributed by atoms with Gasteiger partial charge in [0.15, 0.2) is 0 Å². The number of nitrogens with zero attached hydrogens (tertiary/aromatic N) is 1. The van der Waals surface area contributed by atoms with E-state index >= 15 is 0 Å². The van der Waals surface area contributed by atoms with Crippen LogP contribution in [0.3, 0.4) is 0 Å². The second-order valence-electron chi connectivity index (χ2n) is 4.42. The SMILES string of the molecule is CCNC(=O)CN1CCCC(NS(C)(=O)=O)C1. The number of likely N-dealkylation sites (tertiary alicyclic amines) is 1. The van der Waals surface area contributed by atoms with Crippen LogP contribution in [-0.2, 0) is 14.8 Å². The maximum Gasteiger partial charge on any atom is 0.234 e. The Hall–Kier alpha value is -0.660. The minimum Gasteiger partial charge on any atom is -0.355 e. The number of nitrogens with one attached hydrogen (secondary N) is 2. The summed E-state index contributed by atoms with van der Waals surface area (Å²) in [5, 5.41) is 2.74. The molecule has 2 N–H and O–H groups in total. The van der Waals surface area contributed by atoms with E-state index < -0.39 is 10.0 Å². The predicted octanol–water partition coefficient (Wildman–Crippen LogP) is -0.864. The van der Waals surface area contributed by atoms with E-state index in [1.54, 1.807) is 0 Å². The molecule has 1 aliphatic heterocycles. The summed E-state index contributed by atoms with van der Waals surface area (Å²) in [6.07, 6.45) is 2.90. The standard InChI is InChI=1S/C10H21N3O3S/c1-3-11-10(14)8-13-6-4-5-9(7-13)12-17(2,15)16/h9,12H,3-8H2,1-2H3,(H,11,14). The summed E-state index contributed by atoms with van der Waals surface area (Å²) in [6, 6.07) is -0.0758. The van der Waals surface area contributed by atoms with Gasteiger partial charge in [-0.1, -0.05) is 0 Å². The molecule has 0 aromatic heterocycles. The van der Waals surface area contributed by atoms with Gasteiger partial charge in [0, 0.05) is 19.1 Å². The Kier molecular flexibility index (Phi) is 5.35. The number of carbonyl (C=O) groups is 1. The molecule has 1 aliphatic rings. The molecule has 1 rings (SSSR count). The van der Waals surface area contributed by atoms with Crippen molar-refractivity contribution in [3.05, 3.63) is 0 Å². The predicted molar refractivity (Wildman–Crippen MR) is 66.1 cm³/mol. The lowest BCUT2D eigenvalue weighted by molar-refractivity contribution is -0.122. The van der Waals surface area contributed by atoms with Crippen LogP contribution < -0.4 is 10.0 Å². The number of carbonyl (C=O) groups excluding carboxylic acids is 1. The van der Waals surface area contributed by atoms with E-state index in [9.17, 15) is 13.2 Å². The van der Waals surface area contributed by atoms with Crippen molar-refractivity contribution in [1.82, 2.24) is 14.9 Å². The van der Waals surface area contributed by atoms with Crippen LogP contribution in [0.1, 0.15) is 19.8 Å². The van der Waals surface area contributed by atoms with Gasteiger partial charge in [-0.25, -0.2) is 13.1 Å². The zero-order chi connectivity index (χ0) is 12.9. The minimum atomic E-state index is -3.16. The number of rotatable bonds is 5. The summed E-state index contributed by atoms with van der Waals surface area (Å²) < 4.78 is 24.8. The average molecular weight is 263 g/mol. The van der Waals surface area contributed by atoms with Crippen LogP contribution >= 0.6 is 0 Å². The zero-order valence-electron chi connectivity index (χ0n) is 10.4. The minimum absolute atomic E-state index is 0.00694. The third-order valence-electron chi connectivity index (χ3n) is 2.63. The van der Waals surface area contributed by atoms with E-state index in [0.717, 1.165) is 25.6 Å². The van der Waals surface area contributed by atoms with Gasteiger partial charge in [-0.2, -0.15) is 0 Å². The highest BCUT2D eigenvalue weighted by Crippen LogP contribution is 2.10. The second-order valence-corrected chi connectivity index (χ2v) is 6.20. The van der Waals surface area contributed by atoms with E-state index in [-0.39, 0.29) is 11.9 Å². The van der Waals surface area contributed by atoms with E-state index in [4.69, 9.17) is 0 Å². The largest absolute Gasteiger partial charge is 0.355 e. The smallest absolute Gasteiger partial charge is 0.234 e. The van der Waals surface area contributed by atoms with Crippen molar-refractivity contribution in [2.75, 3.05) is 32.4 Å². The number of sulfonamides is 1. The van der Waals surface area contributed by atoms with Crippen LogP contribution in [0, 0.1) is 0 Å². The van der Waals surface area contributed by atoms with E-state index in [0.29, 0.717) is 19.6 Å². The molecule has 1 fully saturated rings. The Morgan fingerprint density at radius 3 is 2.76 bits per heavy atom. The Morgan fingerprint density at radius 1 is 1.47 bits per heavy atom. The molecule has 17 heavy (non-hydrogen) atoms. The summed E-state index contributed by atoms with van der Waals surface area (Å²) in [5.74, 6) is -0.00694. The van der Waals surface area contributed by atoms with Crippen molar-refractivity contribution in [2.24, 2.45) is 0 Å². The van der Waals surface area contributed by atoms with Crippen molar-refractivity contribution in [3.8, 4) is 0 Å². The van der Waals surface area contributed by atoms with E-state index in [1.165, 1.54) is 0 Å². The first-order valence-corrected chi connectivity index (χ1v) is 7.76. The summed E-state index contributed by atoms with van der Waals surface area (Å²) >= 11 is 0. The molecule has 0 saturated carbocycles. The van der Waals surface area contributed by atoms with Crippen LogP contribution in [0.2, 0.25) is 0 Å². The van der Waals surface area contributed by atoms with Crippen molar-refractivity contribution in [2.45, 2.75) is 25.8 Å². The molecular formula is C10H21N3O3S. The Labute approximate surface area is 103 Å². The molecule has 0 radical (unpaired) electrons. The first-order chi connectivity index (χ1) is 7.90. The summed E-state index contributed by atoms with van der Waals surface area (Å²) in [7, 11) is -3.16. The van der Waals surface area contributed by atoms with Crippen LogP contribution in [0.5, 0.6) is 0 Å². The second kappa shape index (κ2) is 6.32.